The van der Waals surface area contributed by atoms with E-state index < -0.39 is 16.1 Å². The molecule has 35 heavy (non-hydrogen) atoms. The zero-order valence-corrected chi connectivity index (χ0v) is 20.0. The van der Waals surface area contributed by atoms with Gasteiger partial charge in [0.05, 0.1) is 29.2 Å². The Morgan fingerprint density at radius 2 is 1.80 bits per heavy atom. The van der Waals surface area contributed by atoms with Crippen LogP contribution in [0.4, 0.5) is 0 Å². The molecule has 0 bridgehead atoms. The Kier molecular flexibility index (Phi) is 5.88. The second-order valence-corrected chi connectivity index (χ2v) is 10.3. The maximum absolute atomic E-state index is 13.5. The lowest BCUT2D eigenvalue weighted by Crippen LogP contribution is -2.28. The van der Waals surface area contributed by atoms with Gasteiger partial charge in [-0.05, 0) is 48.2 Å². The molecular weight excluding hydrogens is 462 g/mol. The quantitative estimate of drug-likeness (QED) is 0.393. The van der Waals surface area contributed by atoms with Crippen LogP contribution in [0, 0.1) is 0 Å². The fourth-order valence-electron chi connectivity index (χ4n) is 4.09. The van der Waals surface area contributed by atoms with Crippen molar-refractivity contribution in [1.82, 2.24) is 24.5 Å². The number of nitrogens with one attached hydrogen (secondary N) is 1. The molecule has 0 fully saturated rings. The third-order valence-corrected chi connectivity index (χ3v) is 7.25. The molecule has 0 aliphatic rings. The molecule has 5 rings (SSSR count). The Morgan fingerprint density at radius 3 is 2.54 bits per heavy atom. The van der Waals surface area contributed by atoms with Crippen molar-refractivity contribution in [2.75, 3.05) is 0 Å². The van der Waals surface area contributed by atoms with Crippen LogP contribution in [0.2, 0.25) is 0 Å². The van der Waals surface area contributed by atoms with Gasteiger partial charge in [0, 0.05) is 47.5 Å². The van der Waals surface area contributed by atoms with Crippen molar-refractivity contribution >= 4 is 31.7 Å². The highest BCUT2D eigenvalue weighted by molar-refractivity contribution is 7.88. The van der Waals surface area contributed by atoms with Crippen molar-refractivity contribution < 1.29 is 8.42 Å². The van der Waals surface area contributed by atoms with E-state index in [-0.39, 0.29) is 11.2 Å². The minimum Gasteiger partial charge on any atom is -0.289 e. The number of fused-ring (bicyclic) bond motifs is 2. The number of aromatic nitrogens is 4. The molecule has 0 spiro atoms. The number of sulfonamides is 1. The molecule has 0 saturated heterocycles. The lowest BCUT2D eigenvalue weighted by Gasteiger charge is -2.13. The molecule has 1 unspecified atom stereocenters. The van der Waals surface area contributed by atoms with E-state index in [4.69, 9.17) is 0 Å². The first-order valence-electron chi connectivity index (χ1n) is 11.0. The summed E-state index contributed by atoms with van der Waals surface area (Å²) in [5.74, 6) is -0.255. The molecule has 1 atom stereocenters. The van der Waals surface area contributed by atoms with Crippen LogP contribution >= 0.6 is 0 Å². The SMILES string of the molecule is CC(NS(=O)(=O)Cc1ccc2ccc3ncc(-c4cnn(C)c4)cc3c(=O)c2c1)c1ccccn1. The van der Waals surface area contributed by atoms with Gasteiger partial charge in [0.15, 0.2) is 5.43 Å². The maximum Gasteiger partial charge on any atom is 0.216 e. The lowest BCUT2D eigenvalue weighted by atomic mass is 10.1. The van der Waals surface area contributed by atoms with Gasteiger partial charge in [0.2, 0.25) is 10.0 Å². The van der Waals surface area contributed by atoms with Crippen molar-refractivity contribution in [2.45, 2.75) is 18.7 Å². The summed E-state index contributed by atoms with van der Waals surface area (Å²) in [7, 11) is -1.85. The number of benzene rings is 1. The first-order valence-corrected chi connectivity index (χ1v) is 12.7. The number of hydrogen-bond acceptors (Lipinski definition) is 6. The largest absolute Gasteiger partial charge is 0.289 e. The van der Waals surface area contributed by atoms with Crippen LogP contribution in [0.15, 0.2) is 84.2 Å². The van der Waals surface area contributed by atoms with Gasteiger partial charge in [0.25, 0.3) is 0 Å². The molecule has 3 heterocycles. The average molecular weight is 486 g/mol. The maximum atomic E-state index is 13.5. The van der Waals surface area contributed by atoms with E-state index in [0.29, 0.717) is 32.9 Å². The van der Waals surface area contributed by atoms with Crippen LogP contribution in [-0.2, 0) is 22.8 Å². The van der Waals surface area contributed by atoms with Crippen LogP contribution in [0.1, 0.15) is 24.2 Å². The van der Waals surface area contributed by atoms with Crippen LogP contribution in [0.3, 0.4) is 0 Å². The van der Waals surface area contributed by atoms with E-state index in [1.807, 2.05) is 25.4 Å². The fourth-order valence-corrected chi connectivity index (χ4v) is 5.45. The van der Waals surface area contributed by atoms with Gasteiger partial charge < -0.3 is 0 Å². The molecule has 0 saturated carbocycles. The Labute approximate surface area is 202 Å². The van der Waals surface area contributed by atoms with Gasteiger partial charge in [-0.2, -0.15) is 5.10 Å². The Bertz CT molecular complexity index is 1720. The van der Waals surface area contributed by atoms with E-state index in [2.05, 4.69) is 19.8 Å². The third-order valence-electron chi connectivity index (χ3n) is 5.83. The molecule has 1 N–H and O–H groups in total. The smallest absolute Gasteiger partial charge is 0.216 e. The summed E-state index contributed by atoms with van der Waals surface area (Å²) >= 11 is 0. The van der Waals surface area contributed by atoms with Gasteiger partial charge in [-0.15, -0.1) is 0 Å². The van der Waals surface area contributed by atoms with E-state index in [0.717, 1.165) is 11.1 Å². The number of nitrogens with zero attached hydrogens (tertiary/aromatic N) is 4. The van der Waals surface area contributed by atoms with E-state index >= 15 is 0 Å². The van der Waals surface area contributed by atoms with E-state index in [9.17, 15) is 13.2 Å². The van der Waals surface area contributed by atoms with Crippen LogP contribution in [-0.4, -0.2) is 28.2 Å². The predicted molar refractivity (Wildman–Crippen MR) is 136 cm³/mol. The molecule has 5 aromatic rings. The first-order chi connectivity index (χ1) is 16.8. The third kappa shape index (κ3) is 4.82. The Hall–Kier alpha value is -3.95. The zero-order valence-electron chi connectivity index (χ0n) is 19.2. The molecule has 3 aromatic heterocycles. The molecule has 176 valence electrons. The van der Waals surface area contributed by atoms with Crippen molar-refractivity contribution in [3.05, 3.63) is 101 Å². The standard InChI is InChI=1S/C26H23N5O3S/c1-17(24-5-3-4-10-27-24)30-35(33,34)16-18-6-7-19-8-9-25-23(26(32)22(19)11-18)12-20(13-28-25)21-14-29-31(2)15-21/h3-15,17,30H,16H2,1-2H3. The summed E-state index contributed by atoms with van der Waals surface area (Å²) in [4.78, 5) is 22.2. The van der Waals surface area contributed by atoms with Crippen molar-refractivity contribution in [3.63, 3.8) is 0 Å². The molecule has 0 amide bonds. The van der Waals surface area contributed by atoms with Gasteiger partial charge in [-0.1, -0.05) is 24.3 Å². The molecule has 8 nitrogen and oxygen atoms in total. The van der Waals surface area contributed by atoms with Gasteiger partial charge in [-0.3, -0.25) is 19.4 Å². The Morgan fingerprint density at radius 1 is 0.971 bits per heavy atom. The summed E-state index contributed by atoms with van der Waals surface area (Å²) in [6, 6.07) is 15.5. The molecule has 0 aliphatic heterocycles. The van der Waals surface area contributed by atoms with Gasteiger partial charge >= 0.3 is 0 Å². The minimum absolute atomic E-state index is 0.202. The zero-order chi connectivity index (χ0) is 24.6. The van der Waals surface area contributed by atoms with Gasteiger partial charge in [0.1, 0.15) is 0 Å². The van der Waals surface area contributed by atoms with Crippen LogP contribution in [0.5, 0.6) is 0 Å². The Balaban J connectivity index is 1.52. The summed E-state index contributed by atoms with van der Waals surface area (Å²) < 4.78 is 30.0. The lowest BCUT2D eigenvalue weighted by molar-refractivity contribution is 0.563. The first kappa shape index (κ1) is 22.8. The van der Waals surface area contributed by atoms with Crippen molar-refractivity contribution in [2.24, 2.45) is 7.05 Å². The van der Waals surface area contributed by atoms with Crippen molar-refractivity contribution in [1.29, 1.82) is 0 Å². The van der Waals surface area contributed by atoms with Gasteiger partial charge in [-0.25, -0.2) is 13.1 Å². The highest BCUT2D eigenvalue weighted by Crippen LogP contribution is 2.23. The summed E-state index contributed by atoms with van der Waals surface area (Å²) in [6.07, 6.45) is 6.92. The number of hydrogen-bond donors (Lipinski definition) is 1. The normalized spacial score (nSPS) is 12.7. The molecule has 2 aromatic carbocycles. The highest BCUT2D eigenvalue weighted by Gasteiger charge is 2.18. The monoisotopic (exact) mass is 485 g/mol. The minimum atomic E-state index is -3.68. The summed E-state index contributed by atoms with van der Waals surface area (Å²) in [5.41, 5.74) is 3.16. The molecule has 0 radical (unpaired) electrons. The number of aryl methyl sites for hydroxylation is 1. The molecule has 0 aliphatic carbocycles. The number of rotatable bonds is 6. The fraction of sp³-hybridized carbons (Fsp3) is 0.154. The molecule has 9 heteroatoms. The predicted octanol–water partition coefficient (Wildman–Crippen LogP) is 3.72. The number of pyridine rings is 2. The van der Waals surface area contributed by atoms with Crippen molar-refractivity contribution in [3.8, 4) is 11.1 Å². The summed E-state index contributed by atoms with van der Waals surface area (Å²) in [5, 5.41) is 5.80. The van der Waals surface area contributed by atoms with E-state index in [1.54, 1.807) is 72.7 Å². The second-order valence-electron chi connectivity index (χ2n) is 8.50. The van der Waals surface area contributed by atoms with Crippen LogP contribution in [0.25, 0.3) is 32.8 Å². The average Bonchev–Trinajstić information content (AvgIpc) is 3.23. The highest BCUT2D eigenvalue weighted by atomic mass is 32.2. The second kappa shape index (κ2) is 9.01. The van der Waals surface area contributed by atoms with Crippen LogP contribution < -0.4 is 10.2 Å². The van der Waals surface area contributed by atoms with E-state index in [1.165, 1.54) is 0 Å². The topological polar surface area (TPSA) is 107 Å². The summed E-state index contributed by atoms with van der Waals surface area (Å²) in [6.45, 7) is 1.75. The molecular formula is C26H23N5O3S.